The Morgan fingerprint density at radius 1 is 0.917 bits per heavy atom. The summed E-state index contributed by atoms with van der Waals surface area (Å²) in [5.41, 5.74) is 0. The molecule has 0 aromatic rings. The molecule has 0 N–H and O–H groups in total. The van der Waals surface area contributed by atoms with Gasteiger partial charge in [-0.1, -0.05) is 30.4 Å². The molecule has 0 saturated heterocycles. The fourth-order valence-electron chi connectivity index (χ4n) is 5.52. The van der Waals surface area contributed by atoms with Crippen molar-refractivity contribution >= 4 is 11.8 Å². The lowest BCUT2D eigenvalue weighted by Gasteiger charge is -2.38. The molecule has 4 rings (SSSR count). The Balaban J connectivity index is 1.62. The van der Waals surface area contributed by atoms with Crippen LogP contribution in [0, 0.1) is 35.5 Å². The predicted octanol–water partition coefficient (Wildman–Crippen LogP) is 3.98. The lowest BCUT2D eigenvalue weighted by atomic mass is 9.67. The molecule has 126 valence electrons. The molecule has 0 aromatic heterocycles. The van der Waals surface area contributed by atoms with Crippen LogP contribution >= 0.6 is 0 Å². The van der Waals surface area contributed by atoms with E-state index in [-0.39, 0.29) is 23.6 Å². The summed E-state index contributed by atoms with van der Waals surface area (Å²) in [6.45, 7) is 0. The molecule has 0 amide bonds. The van der Waals surface area contributed by atoms with Crippen molar-refractivity contribution < 1.29 is 14.3 Å². The fraction of sp³-hybridized carbons (Fsp3) is 0.524. The van der Waals surface area contributed by atoms with Crippen LogP contribution in [0.15, 0.2) is 48.8 Å². The minimum atomic E-state index is -0.209. The van der Waals surface area contributed by atoms with Crippen molar-refractivity contribution in [3.8, 4) is 0 Å². The van der Waals surface area contributed by atoms with Crippen LogP contribution in [-0.4, -0.2) is 11.8 Å². The van der Waals surface area contributed by atoms with E-state index >= 15 is 0 Å². The Bertz CT molecular complexity index is 639. The molecule has 2 saturated carbocycles. The second kappa shape index (κ2) is 6.54. The van der Waals surface area contributed by atoms with Gasteiger partial charge >= 0.3 is 5.97 Å². The molecule has 6 atom stereocenters. The number of fused-ring (bicyclic) bond motifs is 5. The zero-order valence-corrected chi connectivity index (χ0v) is 13.8. The van der Waals surface area contributed by atoms with Gasteiger partial charge in [-0.15, -0.1) is 0 Å². The Morgan fingerprint density at radius 2 is 1.79 bits per heavy atom. The number of rotatable bonds is 0. The van der Waals surface area contributed by atoms with Gasteiger partial charge in [-0.3, -0.25) is 9.59 Å². The molecular weight excluding hydrogens is 300 g/mol. The van der Waals surface area contributed by atoms with Gasteiger partial charge in [0.25, 0.3) is 0 Å². The van der Waals surface area contributed by atoms with Gasteiger partial charge in [0, 0.05) is 12.3 Å². The average Bonchev–Trinajstić information content (AvgIpc) is 3.17. The summed E-state index contributed by atoms with van der Waals surface area (Å²) >= 11 is 0. The maximum atomic E-state index is 12.7. The standard InChI is InChI=1S/C21H24O3/c22-20-8-3-1-2-4-11-24-21(23)13-18-16-10-9-14-6-5-7-15(14)17(16)12-19(18)20/h1-6,8,11,14-19H,7,9-10,12-13H2. The van der Waals surface area contributed by atoms with Gasteiger partial charge in [0.05, 0.1) is 6.26 Å². The van der Waals surface area contributed by atoms with Crippen LogP contribution in [-0.2, 0) is 14.3 Å². The molecule has 1 heterocycles. The summed E-state index contributed by atoms with van der Waals surface area (Å²) < 4.78 is 5.21. The molecule has 24 heavy (non-hydrogen) atoms. The van der Waals surface area contributed by atoms with Crippen LogP contribution in [0.2, 0.25) is 0 Å². The zero-order chi connectivity index (χ0) is 16.5. The van der Waals surface area contributed by atoms with Crippen LogP contribution < -0.4 is 0 Å². The number of cyclic esters (lactones) is 1. The van der Waals surface area contributed by atoms with Gasteiger partial charge in [-0.2, -0.15) is 0 Å². The first-order chi connectivity index (χ1) is 11.7. The summed E-state index contributed by atoms with van der Waals surface area (Å²) in [6.07, 6.45) is 19.6. The smallest absolute Gasteiger partial charge is 0.310 e. The quantitative estimate of drug-likeness (QED) is 0.500. The highest BCUT2D eigenvalue weighted by Crippen LogP contribution is 2.56. The van der Waals surface area contributed by atoms with Crippen molar-refractivity contribution in [1.29, 1.82) is 0 Å². The maximum absolute atomic E-state index is 12.7. The number of carbonyl (C=O) groups excluding carboxylic acids is 2. The molecule has 4 aliphatic rings. The number of esters is 1. The molecule has 0 radical (unpaired) electrons. The highest BCUT2D eigenvalue weighted by Gasteiger charge is 2.52. The second-order valence-electron chi connectivity index (χ2n) is 7.57. The largest absolute Gasteiger partial charge is 0.434 e. The van der Waals surface area contributed by atoms with Gasteiger partial charge in [0.2, 0.25) is 0 Å². The van der Waals surface area contributed by atoms with E-state index in [4.69, 9.17) is 4.74 Å². The zero-order valence-electron chi connectivity index (χ0n) is 13.8. The molecule has 3 heteroatoms. The molecule has 6 unspecified atom stereocenters. The summed E-state index contributed by atoms with van der Waals surface area (Å²) in [4.78, 5) is 25.0. The maximum Gasteiger partial charge on any atom is 0.310 e. The van der Waals surface area contributed by atoms with Crippen molar-refractivity contribution in [2.75, 3.05) is 0 Å². The van der Waals surface area contributed by atoms with Crippen LogP contribution in [0.25, 0.3) is 0 Å². The average molecular weight is 324 g/mol. The van der Waals surface area contributed by atoms with Crippen LogP contribution in [0.4, 0.5) is 0 Å². The monoisotopic (exact) mass is 324 g/mol. The van der Waals surface area contributed by atoms with E-state index in [1.165, 1.54) is 12.7 Å². The third kappa shape index (κ3) is 2.81. The minimum absolute atomic E-state index is 0.0278. The number of ketones is 1. The van der Waals surface area contributed by atoms with E-state index < -0.39 is 0 Å². The Morgan fingerprint density at radius 3 is 2.71 bits per heavy atom. The van der Waals surface area contributed by atoms with Gasteiger partial charge in [-0.05, 0) is 67.4 Å². The van der Waals surface area contributed by atoms with E-state index in [0.717, 1.165) is 19.3 Å². The van der Waals surface area contributed by atoms with Crippen molar-refractivity contribution in [3.63, 3.8) is 0 Å². The Kier molecular flexibility index (Phi) is 4.26. The van der Waals surface area contributed by atoms with E-state index in [2.05, 4.69) is 12.2 Å². The van der Waals surface area contributed by atoms with Gasteiger partial charge in [0.1, 0.15) is 0 Å². The molecule has 3 nitrogen and oxygen atoms in total. The number of ether oxygens (including phenoxy) is 1. The number of hydrogen-bond acceptors (Lipinski definition) is 3. The molecule has 0 aromatic carbocycles. The van der Waals surface area contributed by atoms with Crippen LogP contribution in [0.5, 0.6) is 0 Å². The normalized spacial score (nSPS) is 41.2. The van der Waals surface area contributed by atoms with Crippen molar-refractivity contribution in [2.45, 2.75) is 32.1 Å². The highest BCUT2D eigenvalue weighted by atomic mass is 16.5. The Labute approximate surface area is 143 Å². The van der Waals surface area contributed by atoms with Gasteiger partial charge in [0.15, 0.2) is 5.78 Å². The van der Waals surface area contributed by atoms with E-state index in [1.807, 2.05) is 0 Å². The van der Waals surface area contributed by atoms with Crippen molar-refractivity contribution in [2.24, 2.45) is 35.5 Å². The SMILES string of the molecule is O=C1CC2C(CC3C4CC=CC4CCC23)C(=O)C=CC=CC=CO1. The molecule has 0 bridgehead atoms. The van der Waals surface area contributed by atoms with Gasteiger partial charge in [-0.25, -0.2) is 0 Å². The van der Waals surface area contributed by atoms with Crippen molar-refractivity contribution in [1.82, 2.24) is 0 Å². The summed E-state index contributed by atoms with van der Waals surface area (Å²) in [6, 6.07) is 0. The topological polar surface area (TPSA) is 43.4 Å². The van der Waals surface area contributed by atoms with Crippen molar-refractivity contribution in [3.05, 3.63) is 48.8 Å². The first-order valence-corrected chi connectivity index (χ1v) is 9.14. The number of allylic oxidation sites excluding steroid dienone is 7. The summed E-state index contributed by atoms with van der Waals surface area (Å²) in [5, 5.41) is 0. The summed E-state index contributed by atoms with van der Waals surface area (Å²) in [5.74, 6) is 2.52. The lowest BCUT2D eigenvalue weighted by Crippen LogP contribution is -2.32. The van der Waals surface area contributed by atoms with Crippen LogP contribution in [0.1, 0.15) is 32.1 Å². The minimum Gasteiger partial charge on any atom is -0.434 e. The highest BCUT2D eigenvalue weighted by molar-refractivity contribution is 5.93. The first kappa shape index (κ1) is 15.6. The number of carbonyl (C=O) groups is 2. The van der Waals surface area contributed by atoms with E-state index in [9.17, 15) is 9.59 Å². The lowest BCUT2D eigenvalue weighted by molar-refractivity contribution is -0.140. The third-order valence-corrected chi connectivity index (χ3v) is 6.51. The molecule has 3 aliphatic carbocycles. The van der Waals surface area contributed by atoms with Crippen LogP contribution in [0.3, 0.4) is 0 Å². The molecular formula is C21H24O3. The fourth-order valence-corrected chi connectivity index (χ4v) is 5.52. The third-order valence-electron chi connectivity index (χ3n) is 6.51. The first-order valence-electron chi connectivity index (χ1n) is 9.14. The Hall–Kier alpha value is -1.90. The predicted molar refractivity (Wildman–Crippen MR) is 91.7 cm³/mol. The second-order valence-corrected chi connectivity index (χ2v) is 7.57. The van der Waals surface area contributed by atoms with E-state index in [0.29, 0.717) is 30.1 Å². The van der Waals surface area contributed by atoms with Gasteiger partial charge < -0.3 is 4.74 Å². The number of hydrogen-bond donors (Lipinski definition) is 0. The summed E-state index contributed by atoms with van der Waals surface area (Å²) in [7, 11) is 0. The molecule has 1 aliphatic heterocycles. The molecule has 2 fully saturated rings. The van der Waals surface area contributed by atoms with E-state index in [1.54, 1.807) is 30.4 Å². The molecule has 0 spiro atoms.